The number of ether oxygens (including phenoxy) is 1. The Kier molecular flexibility index (Phi) is 5.36. The first kappa shape index (κ1) is 18.3. The fourth-order valence-corrected chi connectivity index (χ4v) is 4.12. The number of benzene rings is 1. The Hall–Kier alpha value is -2.06. The Morgan fingerprint density at radius 3 is 2.59 bits per heavy atom. The number of carbonyl (C=O) groups excluding carboxylic acids is 1. The molecule has 1 amide bonds. The van der Waals surface area contributed by atoms with Crippen molar-refractivity contribution in [2.45, 2.75) is 37.9 Å². The average molecular weight is 388 g/mol. The molecule has 1 saturated heterocycles. The Bertz CT molecular complexity index is 807. The summed E-state index contributed by atoms with van der Waals surface area (Å²) in [4.78, 5) is 14.7. The van der Waals surface area contributed by atoms with E-state index in [4.69, 9.17) is 4.74 Å². The Morgan fingerprint density at radius 1 is 1.22 bits per heavy atom. The van der Waals surface area contributed by atoms with E-state index in [0.29, 0.717) is 11.8 Å². The topological polar surface area (TPSA) is 72.3 Å². The van der Waals surface area contributed by atoms with Crippen LogP contribution in [0.5, 0.6) is 0 Å². The zero-order chi connectivity index (χ0) is 18.8. The molecule has 0 radical (unpaired) electrons. The van der Waals surface area contributed by atoms with E-state index >= 15 is 0 Å². The standard InChI is InChI=1S/C19H25N5O2S/c1-13-4-3-5-14(2)17(13)20-16(25)12-27-19-22-21-18(24(19)15-6-7-15)23-8-10-26-11-9-23/h3-5,15H,6-12H2,1-2H3,(H,20,25). The maximum absolute atomic E-state index is 12.5. The van der Waals surface area contributed by atoms with E-state index in [-0.39, 0.29) is 5.91 Å². The second-order valence-corrected chi connectivity index (χ2v) is 8.03. The number of morpholine rings is 1. The van der Waals surface area contributed by atoms with E-state index in [1.807, 2.05) is 32.0 Å². The molecule has 1 aromatic heterocycles. The van der Waals surface area contributed by atoms with Crippen LogP contribution in [-0.2, 0) is 9.53 Å². The first-order chi connectivity index (χ1) is 13.1. The van der Waals surface area contributed by atoms with Crippen LogP contribution in [0, 0.1) is 13.8 Å². The number of hydrogen-bond acceptors (Lipinski definition) is 6. The predicted molar refractivity (Wildman–Crippen MR) is 107 cm³/mol. The molecular weight excluding hydrogens is 362 g/mol. The Morgan fingerprint density at radius 2 is 1.93 bits per heavy atom. The van der Waals surface area contributed by atoms with Crippen molar-refractivity contribution in [3.63, 3.8) is 0 Å². The number of nitrogens with zero attached hydrogens (tertiary/aromatic N) is 4. The molecule has 1 N–H and O–H groups in total. The van der Waals surface area contributed by atoms with Crippen LogP contribution in [0.4, 0.5) is 11.6 Å². The highest BCUT2D eigenvalue weighted by atomic mass is 32.2. The van der Waals surface area contributed by atoms with E-state index in [1.54, 1.807) is 0 Å². The molecule has 2 fully saturated rings. The van der Waals surface area contributed by atoms with Crippen molar-refractivity contribution in [1.82, 2.24) is 14.8 Å². The van der Waals surface area contributed by atoms with Gasteiger partial charge in [0.15, 0.2) is 5.16 Å². The van der Waals surface area contributed by atoms with Gasteiger partial charge in [-0.15, -0.1) is 10.2 Å². The minimum Gasteiger partial charge on any atom is -0.378 e. The van der Waals surface area contributed by atoms with Crippen molar-refractivity contribution in [2.75, 3.05) is 42.3 Å². The normalized spacial score (nSPS) is 17.2. The average Bonchev–Trinajstić information content (AvgIpc) is 3.43. The summed E-state index contributed by atoms with van der Waals surface area (Å²) in [6, 6.07) is 6.48. The molecule has 2 aliphatic rings. The maximum Gasteiger partial charge on any atom is 0.234 e. The SMILES string of the molecule is Cc1cccc(C)c1NC(=O)CSc1nnc(N2CCOCC2)n1C1CC1. The van der Waals surface area contributed by atoms with Gasteiger partial charge in [-0.2, -0.15) is 0 Å². The van der Waals surface area contributed by atoms with E-state index in [1.165, 1.54) is 11.8 Å². The molecule has 8 heteroatoms. The molecular formula is C19H25N5O2S. The number of thioether (sulfide) groups is 1. The first-order valence-electron chi connectivity index (χ1n) is 9.40. The van der Waals surface area contributed by atoms with E-state index in [0.717, 1.165) is 67.1 Å². The van der Waals surface area contributed by atoms with Gasteiger partial charge in [0.2, 0.25) is 11.9 Å². The van der Waals surface area contributed by atoms with E-state index in [2.05, 4.69) is 25.0 Å². The van der Waals surface area contributed by atoms with Crippen molar-refractivity contribution in [1.29, 1.82) is 0 Å². The van der Waals surface area contributed by atoms with Gasteiger partial charge in [-0.05, 0) is 37.8 Å². The lowest BCUT2D eigenvalue weighted by atomic mass is 10.1. The largest absolute Gasteiger partial charge is 0.378 e. The van der Waals surface area contributed by atoms with Crippen LogP contribution in [0.25, 0.3) is 0 Å². The van der Waals surface area contributed by atoms with Gasteiger partial charge in [0.05, 0.1) is 19.0 Å². The summed E-state index contributed by atoms with van der Waals surface area (Å²) in [5.41, 5.74) is 3.05. The monoisotopic (exact) mass is 387 g/mol. The van der Waals surface area contributed by atoms with Crippen molar-refractivity contribution < 1.29 is 9.53 Å². The molecule has 0 bridgehead atoms. The summed E-state index contributed by atoms with van der Waals surface area (Å²) in [5.74, 6) is 1.22. The van der Waals surface area contributed by atoms with Crippen molar-refractivity contribution in [3.05, 3.63) is 29.3 Å². The second-order valence-electron chi connectivity index (χ2n) is 7.09. The van der Waals surface area contributed by atoms with E-state index < -0.39 is 0 Å². The third kappa shape index (κ3) is 4.11. The summed E-state index contributed by atoms with van der Waals surface area (Å²) in [6.45, 7) is 7.13. The second kappa shape index (κ2) is 7.90. The quantitative estimate of drug-likeness (QED) is 0.769. The molecule has 0 spiro atoms. The van der Waals surface area contributed by atoms with Gasteiger partial charge in [-0.1, -0.05) is 30.0 Å². The Balaban J connectivity index is 1.43. The molecule has 1 aliphatic carbocycles. The molecule has 0 unspecified atom stereocenters. The van der Waals surface area contributed by atoms with Gasteiger partial charge in [0.1, 0.15) is 0 Å². The number of aromatic nitrogens is 3. The van der Waals surface area contributed by atoms with Crippen LogP contribution in [0.1, 0.15) is 30.0 Å². The molecule has 2 aromatic rings. The number of nitrogens with one attached hydrogen (secondary N) is 1. The molecule has 2 heterocycles. The van der Waals surface area contributed by atoms with E-state index in [9.17, 15) is 4.79 Å². The van der Waals surface area contributed by atoms with Crippen LogP contribution in [0.15, 0.2) is 23.4 Å². The number of anilines is 2. The molecule has 1 aromatic carbocycles. The number of carbonyl (C=O) groups is 1. The highest BCUT2D eigenvalue weighted by Crippen LogP contribution is 2.41. The fourth-order valence-electron chi connectivity index (χ4n) is 3.32. The molecule has 4 rings (SSSR count). The number of para-hydroxylation sites is 1. The van der Waals surface area contributed by atoms with Crippen molar-refractivity contribution >= 4 is 29.3 Å². The maximum atomic E-state index is 12.5. The molecule has 144 valence electrons. The third-order valence-corrected chi connectivity index (χ3v) is 5.87. The number of amides is 1. The summed E-state index contributed by atoms with van der Waals surface area (Å²) < 4.78 is 7.65. The highest BCUT2D eigenvalue weighted by Gasteiger charge is 2.32. The smallest absolute Gasteiger partial charge is 0.234 e. The van der Waals surface area contributed by atoms with Crippen LogP contribution < -0.4 is 10.2 Å². The van der Waals surface area contributed by atoms with Gasteiger partial charge in [-0.3, -0.25) is 9.36 Å². The molecule has 0 atom stereocenters. The van der Waals surface area contributed by atoms with Gasteiger partial charge >= 0.3 is 0 Å². The molecule has 27 heavy (non-hydrogen) atoms. The molecule has 7 nitrogen and oxygen atoms in total. The number of hydrogen-bond donors (Lipinski definition) is 1. The minimum atomic E-state index is -0.0179. The molecule has 1 saturated carbocycles. The Labute approximate surface area is 163 Å². The zero-order valence-electron chi connectivity index (χ0n) is 15.8. The van der Waals surface area contributed by atoms with Gasteiger partial charge < -0.3 is 15.0 Å². The number of aryl methyl sites for hydroxylation is 2. The summed E-state index contributed by atoms with van der Waals surface area (Å²) in [5, 5.41) is 12.7. The van der Waals surface area contributed by atoms with Gasteiger partial charge in [0, 0.05) is 24.8 Å². The highest BCUT2D eigenvalue weighted by molar-refractivity contribution is 7.99. The van der Waals surface area contributed by atoms with Crippen LogP contribution in [-0.4, -0.2) is 52.7 Å². The lowest BCUT2D eigenvalue weighted by molar-refractivity contribution is -0.113. The lowest BCUT2D eigenvalue weighted by Gasteiger charge is -2.27. The van der Waals surface area contributed by atoms with Gasteiger partial charge in [0.25, 0.3) is 0 Å². The summed E-state index contributed by atoms with van der Waals surface area (Å²) in [7, 11) is 0. The predicted octanol–water partition coefficient (Wildman–Crippen LogP) is 2.80. The summed E-state index contributed by atoms with van der Waals surface area (Å²) in [6.07, 6.45) is 2.30. The van der Waals surface area contributed by atoms with Crippen molar-refractivity contribution in [2.24, 2.45) is 0 Å². The van der Waals surface area contributed by atoms with Crippen LogP contribution >= 0.6 is 11.8 Å². The third-order valence-electron chi connectivity index (χ3n) is 4.93. The van der Waals surface area contributed by atoms with Crippen LogP contribution in [0.3, 0.4) is 0 Å². The lowest BCUT2D eigenvalue weighted by Crippen LogP contribution is -2.38. The first-order valence-corrected chi connectivity index (χ1v) is 10.4. The number of rotatable bonds is 6. The zero-order valence-corrected chi connectivity index (χ0v) is 16.6. The minimum absolute atomic E-state index is 0.0179. The summed E-state index contributed by atoms with van der Waals surface area (Å²) >= 11 is 1.46. The van der Waals surface area contributed by atoms with Crippen molar-refractivity contribution in [3.8, 4) is 0 Å². The van der Waals surface area contributed by atoms with Gasteiger partial charge in [-0.25, -0.2) is 0 Å². The molecule has 1 aliphatic heterocycles. The van der Waals surface area contributed by atoms with Crippen LogP contribution in [0.2, 0.25) is 0 Å². The fraction of sp³-hybridized carbons (Fsp3) is 0.526.